The summed E-state index contributed by atoms with van der Waals surface area (Å²) in [5.74, 6) is -2.50. The van der Waals surface area contributed by atoms with E-state index in [1.54, 1.807) is 0 Å². The van der Waals surface area contributed by atoms with E-state index in [1.165, 1.54) is 12.1 Å². The molecule has 104 valence electrons. The van der Waals surface area contributed by atoms with Gasteiger partial charge in [-0.15, -0.1) is 0 Å². The maximum Gasteiger partial charge on any atom is 0.267 e. The molecule has 0 spiro atoms. The number of nitrogens with two attached hydrogens (primary N) is 2. The third-order valence-corrected chi connectivity index (χ3v) is 2.73. The molecular formula is C12H9ClF2N4O. The number of aromatic nitrogens is 1. The number of carbonyl (C=O) groups excluding carboxylic acids is 1. The Morgan fingerprint density at radius 1 is 1.30 bits per heavy atom. The number of benzene rings is 1. The van der Waals surface area contributed by atoms with Crippen LogP contribution in [-0.2, 0) is 0 Å². The molecule has 1 aromatic carbocycles. The van der Waals surface area contributed by atoms with Crippen LogP contribution >= 0.6 is 11.6 Å². The molecule has 2 rings (SSSR count). The fourth-order valence-corrected chi connectivity index (χ4v) is 1.73. The van der Waals surface area contributed by atoms with Crippen molar-refractivity contribution in [2.75, 3.05) is 11.1 Å². The van der Waals surface area contributed by atoms with Crippen LogP contribution in [-0.4, -0.2) is 10.9 Å². The zero-order valence-electron chi connectivity index (χ0n) is 9.95. The lowest BCUT2D eigenvalue weighted by Crippen LogP contribution is -2.14. The van der Waals surface area contributed by atoms with Gasteiger partial charge in [0.1, 0.15) is 11.5 Å². The van der Waals surface area contributed by atoms with Crippen LogP contribution < -0.4 is 16.8 Å². The van der Waals surface area contributed by atoms with Gasteiger partial charge in [0.05, 0.1) is 16.4 Å². The van der Waals surface area contributed by atoms with Gasteiger partial charge in [-0.1, -0.05) is 11.6 Å². The van der Waals surface area contributed by atoms with E-state index in [9.17, 15) is 13.6 Å². The first-order chi connectivity index (χ1) is 9.38. The maximum absolute atomic E-state index is 13.6. The predicted octanol–water partition coefficient (Wildman–Crippen LogP) is 2.44. The highest BCUT2D eigenvalue weighted by atomic mass is 35.5. The smallest absolute Gasteiger partial charge is 0.267 e. The largest absolute Gasteiger partial charge is 0.396 e. The van der Waals surface area contributed by atoms with Crippen molar-refractivity contribution in [3.8, 4) is 0 Å². The standard InChI is InChI=1S/C12H9ClF2N4O/c13-6-3-5(14)4-7(15)10(6)19-12-8(16)1-2-9(18-12)11(17)20/h1-4H,16H2,(H2,17,20)(H,18,19). The number of pyridine rings is 1. The number of hydrogen-bond donors (Lipinski definition) is 3. The molecule has 5 N–H and O–H groups in total. The van der Waals surface area contributed by atoms with Gasteiger partial charge < -0.3 is 16.8 Å². The SMILES string of the molecule is NC(=O)c1ccc(N)c(Nc2c(F)cc(F)cc2Cl)n1. The lowest BCUT2D eigenvalue weighted by Gasteiger charge is -2.11. The maximum atomic E-state index is 13.6. The minimum Gasteiger partial charge on any atom is -0.396 e. The molecule has 5 nitrogen and oxygen atoms in total. The summed E-state index contributed by atoms with van der Waals surface area (Å²) in [6, 6.07) is 4.29. The number of halogens is 3. The van der Waals surface area contributed by atoms with Gasteiger partial charge in [0.15, 0.2) is 11.6 Å². The van der Waals surface area contributed by atoms with Crippen LogP contribution in [0.2, 0.25) is 5.02 Å². The van der Waals surface area contributed by atoms with Crippen molar-refractivity contribution in [2.45, 2.75) is 0 Å². The quantitative estimate of drug-likeness (QED) is 0.811. The minimum atomic E-state index is -0.916. The van der Waals surface area contributed by atoms with Crippen LogP contribution in [0.4, 0.5) is 26.0 Å². The summed E-state index contributed by atoms with van der Waals surface area (Å²) >= 11 is 5.74. The molecule has 1 amide bonds. The third-order valence-electron chi connectivity index (χ3n) is 2.43. The Bertz CT molecular complexity index is 670. The lowest BCUT2D eigenvalue weighted by atomic mass is 10.2. The molecule has 0 fully saturated rings. The van der Waals surface area contributed by atoms with E-state index in [1.807, 2.05) is 0 Å². The molecule has 0 bridgehead atoms. The summed E-state index contributed by atoms with van der Waals surface area (Å²) in [5, 5.41) is 2.33. The molecule has 0 atom stereocenters. The van der Waals surface area contributed by atoms with Crippen LogP contribution in [0.15, 0.2) is 24.3 Å². The van der Waals surface area contributed by atoms with E-state index < -0.39 is 17.5 Å². The van der Waals surface area contributed by atoms with Gasteiger partial charge in [-0.2, -0.15) is 0 Å². The molecule has 0 radical (unpaired) electrons. The Morgan fingerprint density at radius 2 is 2.00 bits per heavy atom. The van der Waals surface area contributed by atoms with Gasteiger partial charge in [0.2, 0.25) is 0 Å². The van der Waals surface area contributed by atoms with E-state index in [4.69, 9.17) is 23.1 Å². The predicted molar refractivity (Wildman–Crippen MR) is 71.8 cm³/mol. The van der Waals surface area contributed by atoms with E-state index >= 15 is 0 Å². The second-order valence-corrected chi connectivity index (χ2v) is 4.28. The van der Waals surface area contributed by atoms with Crippen molar-refractivity contribution in [1.82, 2.24) is 4.98 Å². The number of nitrogens with one attached hydrogen (secondary N) is 1. The number of primary amides is 1. The third kappa shape index (κ3) is 2.77. The van der Waals surface area contributed by atoms with Crippen LogP contribution in [0, 0.1) is 11.6 Å². The first kappa shape index (κ1) is 14.0. The molecular weight excluding hydrogens is 290 g/mol. The molecule has 2 aromatic rings. The number of carbonyl (C=O) groups is 1. The van der Waals surface area contributed by atoms with E-state index in [0.717, 1.165) is 6.07 Å². The Morgan fingerprint density at radius 3 is 2.60 bits per heavy atom. The first-order valence-corrected chi connectivity index (χ1v) is 5.74. The zero-order valence-corrected chi connectivity index (χ0v) is 10.7. The number of amides is 1. The average Bonchev–Trinajstić information content (AvgIpc) is 2.35. The van der Waals surface area contributed by atoms with Crippen molar-refractivity contribution < 1.29 is 13.6 Å². The summed E-state index contributed by atoms with van der Waals surface area (Å²) in [6.07, 6.45) is 0. The van der Waals surface area contributed by atoms with Gasteiger partial charge in [0, 0.05) is 6.07 Å². The summed E-state index contributed by atoms with van der Waals surface area (Å²) in [7, 11) is 0. The number of hydrogen-bond acceptors (Lipinski definition) is 4. The fourth-order valence-electron chi connectivity index (χ4n) is 1.49. The monoisotopic (exact) mass is 298 g/mol. The molecule has 0 saturated heterocycles. The van der Waals surface area contributed by atoms with Crippen molar-refractivity contribution in [2.24, 2.45) is 5.73 Å². The van der Waals surface area contributed by atoms with Crippen molar-refractivity contribution in [3.05, 3.63) is 46.6 Å². The van der Waals surface area contributed by atoms with Crippen molar-refractivity contribution in [1.29, 1.82) is 0 Å². The summed E-state index contributed by atoms with van der Waals surface area (Å²) in [4.78, 5) is 14.9. The highest BCUT2D eigenvalue weighted by molar-refractivity contribution is 6.33. The molecule has 1 heterocycles. The molecule has 8 heteroatoms. The zero-order chi connectivity index (χ0) is 14.9. The van der Waals surface area contributed by atoms with Crippen LogP contribution in [0.3, 0.4) is 0 Å². The number of rotatable bonds is 3. The normalized spacial score (nSPS) is 10.3. The fraction of sp³-hybridized carbons (Fsp3) is 0. The molecule has 1 aromatic heterocycles. The average molecular weight is 299 g/mol. The van der Waals surface area contributed by atoms with E-state index in [0.29, 0.717) is 6.07 Å². The molecule has 0 aliphatic rings. The first-order valence-electron chi connectivity index (χ1n) is 5.36. The molecule has 20 heavy (non-hydrogen) atoms. The summed E-state index contributed by atoms with van der Waals surface area (Å²) in [5.41, 5.74) is 10.6. The van der Waals surface area contributed by atoms with Gasteiger partial charge in [0.25, 0.3) is 5.91 Å². The van der Waals surface area contributed by atoms with Gasteiger partial charge >= 0.3 is 0 Å². The van der Waals surface area contributed by atoms with E-state index in [-0.39, 0.29) is 27.9 Å². The molecule has 0 aliphatic carbocycles. The van der Waals surface area contributed by atoms with Gasteiger partial charge in [-0.05, 0) is 18.2 Å². The second kappa shape index (κ2) is 5.30. The Balaban J connectivity index is 2.45. The summed E-state index contributed by atoms with van der Waals surface area (Å²) in [6.45, 7) is 0. The highest BCUT2D eigenvalue weighted by Crippen LogP contribution is 2.30. The van der Waals surface area contributed by atoms with Gasteiger partial charge in [-0.3, -0.25) is 4.79 Å². The Hall–Kier alpha value is -2.41. The Labute approximate surface area is 117 Å². The molecule has 0 aliphatic heterocycles. The molecule has 0 saturated carbocycles. The number of anilines is 3. The van der Waals surface area contributed by atoms with Crippen molar-refractivity contribution >= 4 is 34.7 Å². The van der Waals surface area contributed by atoms with Crippen LogP contribution in [0.25, 0.3) is 0 Å². The van der Waals surface area contributed by atoms with Crippen LogP contribution in [0.1, 0.15) is 10.5 Å². The number of nitrogen functional groups attached to an aromatic ring is 1. The minimum absolute atomic E-state index is 0.00583. The van der Waals surface area contributed by atoms with Gasteiger partial charge in [-0.25, -0.2) is 13.8 Å². The number of nitrogens with zero attached hydrogens (tertiary/aromatic N) is 1. The summed E-state index contributed by atoms with van der Waals surface area (Å²) < 4.78 is 26.6. The second-order valence-electron chi connectivity index (χ2n) is 3.87. The molecule has 0 unspecified atom stereocenters. The highest BCUT2D eigenvalue weighted by Gasteiger charge is 2.13. The van der Waals surface area contributed by atoms with Crippen LogP contribution in [0.5, 0.6) is 0 Å². The Kier molecular flexibility index (Phi) is 3.71. The van der Waals surface area contributed by atoms with E-state index in [2.05, 4.69) is 10.3 Å². The topological polar surface area (TPSA) is 94.0 Å². The lowest BCUT2D eigenvalue weighted by molar-refractivity contribution is 0.0996. The van der Waals surface area contributed by atoms with Crippen molar-refractivity contribution in [3.63, 3.8) is 0 Å².